The number of halogens is 2. The molecular formula is C24H24F2N4O5S. The highest BCUT2D eigenvalue weighted by Crippen LogP contribution is 2.14. The maximum absolute atomic E-state index is 13.7. The third-order valence-corrected chi connectivity index (χ3v) is 5.49. The molecule has 0 aliphatic heterocycles. The van der Waals surface area contributed by atoms with Crippen molar-refractivity contribution in [3.8, 4) is 12.3 Å². The van der Waals surface area contributed by atoms with E-state index in [1.165, 1.54) is 0 Å². The van der Waals surface area contributed by atoms with E-state index in [1.807, 2.05) is 10.8 Å². The Morgan fingerprint density at radius 1 is 1.19 bits per heavy atom. The minimum atomic E-state index is -3.68. The molecule has 3 rings (SSSR count). The van der Waals surface area contributed by atoms with E-state index in [2.05, 4.69) is 21.5 Å². The lowest BCUT2D eigenvalue weighted by atomic mass is 10.0. The Labute approximate surface area is 207 Å². The number of carbonyl (C=O) groups excluding carboxylic acids is 1. The summed E-state index contributed by atoms with van der Waals surface area (Å²) in [7, 11) is -3.68. The third kappa shape index (κ3) is 8.16. The van der Waals surface area contributed by atoms with Gasteiger partial charge in [0.25, 0.3) is 5.91 Å². The van der Waals surface area contributed by atoms with E-state index in [1.54, 1.807) is 18.2 Å². The van der Waals surface area contributed by atoms with E-state index in [4.69, 9.17) is 10.8 Å². The van der Waals surface area contributed by atoms with Crippen molar-refractivity contribution in [3.63, 3.8) is 0 Å². The van der Waals surface area contributed by atoms with Crippen molar-refractivity contribution in [1.82, 2.24) is 15.6 Å². The Morgan fingerprint density at radius 3 is 2.58 bits per heavy atom. The number of rotatable bonds is 11. The molecule has 0 spiro atoms. The highest BCUT2D eigenvalue weighted by molar-refractivity contribution is 7.91. The number of terminal acetylenes is 1. The van der Waals surface area contributed by atoms with Crippen molar-refractivity contribution in [2.45, 2.75) is 25.1 Å². The predicted octanol–water partition coefficient (Wildman–Crippen LogP) is 1.80. The minimum Gasteiger partial charge on any atom is -0.431 e. The molecule has 0 radical (unpaired) electrons. The number of aliphatic hydroxyl groups is 1. The van der Waals surface area contributed by atoms with Crippen LogP contribution >= 0.6 is 0 Å². The van der Waals surface area contributed by atoms with Gasteiger partial charge in [0.2, 0.25) is 10.0 Å². The molecule has 0 bridgehead atoms. The number of nitrogens with zero attached hydrogens (tertiary/aromatic N) is 1. The van der Waals surface area contributed by atoms with E-state index >= 15 is 0 Å². The van der Waals surface area contributed by atoms with Gasteiger partial charge in [-0.3, -0.25) is 4.79 Å². The minimum absolute atomic E-state index is 0.0166. The van der Waals surface area contributed by atoms with Crippen LogP contribution in [0.3, 0.4) is 0 Å². The van der Waals surface area contributed by atoms with Gasteiger partial charge in [0.1, 0.15) is 17.9 Å². The summed E-state index contributed by atoms with van der Waals surface area (Å²) in [5.41, 5.74) is 1.52. The molecule has 1 heterocycles. The van der Waals surface area contributed by atoms with Crippen LogP contribution < -0.4 is 15.4 Å². The van der Waals surface area contributed by atoms with Crippen LogP contribution in [0.5, 0.6) is 0 Å². The molecule has 2 aromatic carbocycles. The van der Waals surface area contributed by atoms with Crippen molar-refractivity contribution < 1.29 is 31.5 Å². The Kier molecular flexibility index (Phi) is 8.76. The Balaban J connectivity index is 1.72. The van der Waals surface area contributed by atoms with Gasteiger partial charge in [0.05, 0.1) is 18.4 Å². The van der Waals surface area contributed by atoms with Crippen LogP contribution in [0.25, 0.3) is 0 Å². The molecule has 0 saturated heterocycles. The van der Waals surface area contributed by atoms with Gasteiger partial charge < -0.3 is 20.2 Å². The van der Waals surface area contributed by atoms with Crippen LogP contribution in [-0.4, -0.2) is 49.4 Å². The normalized spacial score (nSPS) is 13.0. The van der Waals surface area contributed by atoms with Crippen molar-refractivity contribution in [2.24, 2.45) is 0 Å². The van der Waals surface area contributed by atoms with E-state index < -0.39 is 45.7 Å². The molecule has 0 aliphatic carbocycles. The van der Waals surface area contributed by atoms with Crippen molar-refractivity contribution in [1.29, 1.82) is 0 Å². The number of amides is 1. The smallest absolute Gasteiger partial charge is 0.309 e. The fourth-order valence-corrected chi connectivity index (χ4v) is 3.78. The monoisotopic (exact) mass is 518 g/mol. The van der Waals surface area contributed by atoms with Gasteiger partial charge in [-0.2, -0.15) is 4.98 Å². The quantitative estimate of drug-likeness (QED) is 0.285. The summed E-state index contributed by atoms with van der Waals surface area (Å²) in [6, 6.07) is 8.73. The van der Waals surface area contributed by atoms with Crippen LogP contribution in [0.4, 0.5) is 14.8 Å². The fraction of sp³-hybridized carbons (Fsp3) is 0.250. The zero-order chi connectivity index (χ0) is 26.3. The van der Waals surface area contributed by atoms with Crippen LogP contribution in [0.1, 0.15) is 27.2 Å². The van der Waals surface area contributed by atoms with Gasteiger partial charge in [-0.05, 0) is 41.8 Å². The number of aromatic nitrogens is 1. The van der Waals surface area contributed by atoms with E-state index in [0.29, 0.717) is 18.2 Å². The Hall–Kier alpha value is -3.79. The molecule has 3 aromatic rings. The molecule has 2 atom stereocenters. The number of sulfonamides is 1. The summed E-state index contributed by atoms with van der Waals surface area (Å²) < 4.78 is 57.0. The molecule has 12 heteroatoms. The summed E-state index contributed by atoms with van der Waals surface area (Å²) in [5.74, 6) is 0.143. The molecule has 0 aliphatic rings. The largest absolute Gasteiger partial charge is 0.431 e. The van der Waals surface area contributed by atoms with Crippen molar-refractivity contribution in [2.75, 3.05) is 17.5 Å². The number of hydrogen-bond acceptors (Lipinski definition) is 7. The SMILES string of the molecule is C#Cc1cccc(CNC[C@@H](O)[C@H](Cc2cc(F)cc(F)c2)NC(=O)c2coc(NS(C)(=O)=O)n2)c1. The number of anilines is 1. The predicted molar refractivity (Wildman–Crippen MR) is 128 cm³/mol. The first-order chi connectivity index (χ1) is 17.0. The highest BCUT2D eigenvalue weighted by atomic mass is 32.2. The second-order valence-electron chi connectivity index (χ2n) is 8.02. The van der Waals surface area contributed by atoms with Gasteiger partial charge >= 0.3 is 6.01 Å². The number of aliphatic hydroxyl groups excluding tert-OH is 1. The lowest BCUT2D eigenvalue weighted by Gasteiger charge is -2.24. The second-order valence-corrected chi connectivity index (χ2v) is 9.77. The number of oxazole rings is 1. The molecular weight excluding hydrogens is 494 g/mol. The summed E-state index contributed by atoms with van der Waals surface area (Å²) >= 11 is 0. The van der Waals surface area contributed by atoms with E-state index in [0.717, 1.165) is 30.2 Å². The average Bonchev–Trinajstić information content (AvgIpc) is 3.25. The topological polar surface area (TPSA) is 134 Å². The van der Waals surface area contributed by atoms with Crippen molar-refractivity contribution in [3.05, 3.63) is 82.7 Å². The third-order valence-electron chi connectivity index (χ3n) is 4.94. The molecule has 1 aromatic heterocycles. The lowest BCUT2D eigenvalue weighted by Crippen LogP contribution is -2.48. The van der Waals surface area contributed by atoms with E-state index in [9.17, 15) is 27.1 Å². The fourth-order valence-electron chi connectivity index (χ4n) is 3.37. The van der Waals surface area contributed by atoms with Gasteiger partial charge in [-0.15, -0.1) is 6.42 Å². The van der Waals surface area contributed by atoms with Crippen LogP contribution in [0, 0.1) is 24.0 Å². The zero-order valence-electron chi connectivity index (χ0n) is 19.2. The van der Waals surface area contributed by atoms with E-state index in [-0.39, 0.29) is 24.2 Å². The first-order valence-electron chi connectivity index (χ1n) is 10.7. The Morgan fingerprint density at radius 2 is 1.92 bits per heavy atom. The van der Waals surface area contributed by atoms with Crippen LogP contribution in [0.15, 0.2) is 53.1 Å². The van der Waals surface area contributed by atoms with Gasteiger partial charge in [-0.1, -0.05) is 18.1 Å². The number of hydrogen-bond donors (Lipinski definition) is 4. The first kappa shape index (κ1) is 26.8. The molecule has 190 valence electrons. The molecule has 36 heavy (non-hydrogen) atoms. The molecule has 1 amide bonds. The summed E-state index contributed by atoms with van der Waals surface area (Å²) in [6.45, 7) is 0.383. The number of benzene rings is 2. The van der Waals surface area contributed by atoms with Gasteiger partial charge in [0, 0.05) is 24.7 Å². The summed E-state index contributed by atoms with van der Waals surface area (Å²) in [4.78, 5) is 16.5. The maximum Gasteiger partial charge on any atom is 0.309 e. The first-order valence-corrected chi connectivity index (χ1v) is 12.5. The Bertz CT molecular complexity index is 1350. The second kappa shape index (κ2) is 11.8. The number of nitrogens with one attached hydrogen (secondary N) is 3. The molecule has 9 nitrogen and oxygen atoms in total. The highest BCUT2D eigenvalue weighted by Gasteiger charge is 2.25. The van der Waals surface area contributed by atoms with Gasteiger partial charge in [0.15, 0.2) is 5.69 Å². The molecule has 0 saturated carbocycles. The standard InChI is InChI=1S/C24H24F2N4O5S/c1-3-15-5-4-6-16(7-15)12-27-13-22(31)20(10-17-8-18(25)11-19(26)9-17)28-23(32)21-14-35-24(29-21)30-36(2,33)34/h1,4-9,11,14,20,22,27,31H,10,12-13H2,2H3,(H,28,32)(H,29,30)/t20-,22+/m0/s1. The molecule has 4 N–H and O–H groups in total. The average molecular weight is 519 g/mol. The molecule has 0 unspecified atom stereocenters. The van der Waals surface area contributed by atoms with Crippen molar-refractivity contribution >= 4 is 21.9 Å². The summed E-state index contributed by atoms with van der Waals surface area (Å²) in [5, 5.41) is 16.4. The lowest BCUT2D eigenvalue weighted by molar-refractivity contribution is 0.0825. The molecule has 0 fully saturated rings. The number of carbonyl (C=O) groups is 1. The zero-order valence-corrected chi connectivity index (χ0v) is 20.0. The van der Waals surface area contributed by atoms with Gasteiger partial charge in [-0.25, -0.2) is 21.9 Å². The van der Waals surface area contributed by atoms with Crippen LogP contribution in [0.2, 0.25) is 0 Å². The summed E-state index contributed by atoms with van der Waals surface area (Å²) in [6.07, 6.45) is 5.94. The van der Waals surface area contributed by atoms with Crippen LogP contribution in [-0.2, 0) is 23.0 Å². The maximum atomic E-state index is 13.7.